The van der Waals surface area contributed by atoms with E-state index in [1.807, 2.05) is 48.5 Å². The summed E-state index contributed by atoms with van der Waals surface area (Å²) in [6.07, 6.45) is 0.461. The zero-order valence-corrected chi connectivity index (χ0v) is 15.0. The number of pyridine rings is 1. The van der Waals surface area contributed by atoms with E-state index >= 15 is 0 Å². The number of rotatable bonds is 6. The summed E-state index contributed by atoms with van der Waals surface area (Å²) in [4.78, 5) is 18.0. The molecule has 0 aliphatic rings. The summed E-state index contributed by atoms with van der Waals surface area (Å²) in [5, 5.41) is 12.5. The van der Waals surface area contributed by atoms with Crippen molar-refractivity contribution in [3.05, 3.63) is 60.3 Å². The second kappa shape index (κ2) is 8.37. The number of nitrogens with zero attached hydrogens (tertiary/aromatic N) is 2. The standard InChI is InChI=1S/C20H17N3O2S/c1-25-15-8-10-16-14(13-15)7-9-18(22-16)20(24)23-17-5-2-3-6-19(17)26-12-4-11-21/h2-3,5-10,13H,4,12H2,1H3,(H,23,24). The molecule has 130 valence electrons. The van der Waals surface area contributed by atoms with Gasteiger partial charge in [-0.1, -0.05) is 18.2 Å². The number of ether oxygens (including phenoxy) is 1. The lowest BCUT2D eigenvalue weighted by Crippen LogP contribution is -2.14. The third-order valence-electron chi connectivity index (χ3n) is 3.74. The lowest BCUT2D eigenvalue weighted by molar-refractivity contribution is 0.102. The molecule has 0 fully saturated rings. The smallest absolute Gasteiger partial charge is 0.274 e. The van der Waals surface area contributed by atoms with Gasteiger partial charge in [0.1, 0.15) is 11.4 Å². The van der Waals surface area contributed by atoms with Crippen molar-refractivity contribution in [3.8, 4) is 11.8 Å². The Hall–Kier alpha value is -3.04. The maximum absolute atomic E-state index is 12.6. The molecule has 5 nitrogen and oxygen atoms in total. The van der Waals surface area contributed by atoms with Crippen molar-refractivity contribution in [2.45, 2.75) is 11.3 Å². The number of thioether (sulfide) groups is 1. The number of aromatic nitrogens is 1. The van der Waals surface area contributed by atoms with E-state index in [-0.39, 0.29) is 5.91 Å². The van der Waals surface area contributed by atoms with E-state index in [1.54, 1.807) is 24.9 Å². The van der Waals surface area contributed by atoms with Gasteiger partial charge in [-0.15, -0.1) is 11.8 Å². The minimum absolute atomic E-state index is 0.268. The Bertz CT molecular complexity index is 982. The number of benzene rings is 2. The van der Waals surface area contributed by atoms with Crippen LogP contribution in [0.4, 0.5) is 5.69 Å². The zero-order valence-electron chi connectivity index (χ0n) is 14.2. The number of hydrogen-bond acceptors (Lipinski definition) is 5. The van der Waals surface area contributed by atoms with Crippen molar-refractivity contribution < 1.29 is 9.53 Å². The van der Waals surface area contributed by atoms with E-state index < -0.39 is 0 Å². The highest BCUT2D eigenvalue weighted by molar-refractivity contribution is 7.99. The monoisotopic (exact) mass is 363 g/mol. The Morgan fingerprint density at radius 1 is 1.23 bits per heavy atom. The minimum Gasteiger partial charge on any atom is -0.497 e. The van der Waals surface area contributed by atoms with Crippen LogP contribution in [0.1, 0.15) is 16.9 Å². The number of fused-ring (bicyclic) bond motifs is 1. The molecule has 3 rings (SSSR count). The average molecular weight is 363 g/mol. The van der Waals surface area contributed by atoms with Crippen LogP contribution in [-0.4, -0.2) is 23.8 Å². The Balaban J connectivity index is 1.80. The molecule has 1 heterocycles. The van der Waals surface area contributed by atoms with Crippen LogP contribution in [0.5, 0.6) is 5.75 Å². The van der Waals surface area contributed by atoms with Gasteiger partial charge in [0.15, 0.2) is 0 Å². The van der Waals surface area contributed by atoms with Crippen LogP contribution < -0.4 is 10.1 Å². The van der Waals surface area contributed by atoms with Crippen molar-refractivity contribution in [3.63, 3.8) is 0 Å². The maximum Gasteiger partial charge on any atom is 0.274 e. The Labute approximate surface area is 156 Å². The molecule has 26 heavy (non-hydrogen) atoms. The fourth-order valence-corrected chi connectivity index (χ4v) is 3.31. The lowest BCUT2D eigenvalue weighted by Gasteiger charge is -2.10. The summed E-state index contributed by atoms with van der Waals surface area (Å²) in [5.41, 5.74) is 1.80. The lowest BCUT2D eigenvalue weighted by atomic mass is 10.2. The molecule has 0 aliphatic heterocycles. The number of carbonyl (C=O) groups is 1. The fourth-order valence-electron chi connectivity index (χ4n) is 2.45. The molecule has 0 unspecified atom stereocenters. The molecule has 0 saturated carbocycles. The van der Waals surface area contributed by atoms with Crippen molar-refractivity contribution in [1.29, 1.82) is 5.26 Å². The number of nitrogens with one attached hydrogen (secondary N) is 1. The van der Waals surface area contributed by atoms with Crippen LogP contribution in [0.3, 0.4) is 0 Å². The highest BCUT2D eigenvalue weighted by atomic mass is 32.2. The first-order chi connectivity index (χ1) is 12.7. The highest BCUT2D eigenvalue weighted by Crippen LogP contribution is 2.28. The van der Waals surface area contributed by atoms with Gasteiger partial charge in [-0.3, -0.25) is 4.79 Å². The number of methoxy groups -OCH3 is 1. The average Bonchev–Trinajstić information content (AvgIpc) is 2.68. The van der Waals surface area contributed by atoms with E-state index in [0.29, 0.717) is 17.9 Å². The normalized spacial score (nSPS) is 10.3. The quantitative estimate of drug-likeness (QED) is 0.515. The summed E-state index contributed by atoms with van der Waals surface area (Å²) >= 11 is 1.54. The molecule has 1 N–H and O–H groups in total. The third kappa shape index (κ3) is 4.13. The number of carbonyl (C=O) groups excluding carboxylic acids is 1. The van der Waals surface area contributed by atoms with Crippen molar-refractivity contribution in [1.82, 2.24) is 4.98 Å². The first kappa shape index (κ1) is 17.8. The van der Waals surface area contributed by atoms with Gasteiger partial charge in [0.2, 0.25) is 0 Å². The van der Waals surface area contributed by atoms with E-state index in [2.05, 4.69) is 16.4 Å². The van der Waals surface area contributed by atoms with Gasteiger partial charge < -0.3 is 10.1 Å². The van der Waals surface area contributed by atoms with Gasteiger partial charge >= 0.3 is 0 Å². The number of para-hydroxylation sites is 1. The second-order valence-corrected chi connectivity index (χ2v) is 6.60. The Morgan fingerprint density at radius 2 is 2.08 bits per heavy atom. The summed E-state index contributed by atoms with van der Waals surface area (Å²) in [6.45, 7) is 0. The SMILES string of the molecule is COc1ccc2nc(C(=O)Nc3ccccc3SCCC#N)ccc2c1. The van der Waals surface area contributed by atoms with Crippen molar-refractivity contribution in [2.24, 2.45) is 0 Å². The van der Waals surface area contributed by atoms with Gasteiger partial charge in [-0.05, 0) is 36.4 Å². The van der Waals surface area contributed by atoms with Gasteiger partial charge in [0.25, 0.3) is 5.91 Å². The maximum atomic E-state index is 12.6. The topological polar surface area (TPSA) is 75.0 Å². The number of nitriles is 1. The van der Waals surface area contributed by atoms with Crippen LogP contribution in [0, 0.1) is 11.3 Å². The van der Waals surface area contributed by atoms with E-state index in [0.717, 1.165) is 27.2 Å². The molecule has 3 aromatic rings. The van der Waals surface area contributed by atoms with Crippen molar-refractivity contribution >= 4 is 34.3 Å². The molecular weight excluding hydrogens is 346 g/mol. The van der Waals surface area contributed by atoms with Gasteiger partial charge in [0, 0.05) is 22.5 Å². The molecule has 2 aromatic carbocycles. The van der Waals surface area contributed by atoms with Crippen molar-refractivity contribution in [2.75, 3.05) is 18.2 Å². The summed E-state index contributed by atoms with van der Waals surface area (Å²) in [6, 6.07) is 18.7. The molecule has 0 bridgehead atoms. The fraction of sp³-hybridized carbons (Fsp3) is 0.150. The molecule has 0 saturated heterocycles. The highest BCUT2D eigenvalue weighted by Gasteiger charge is 2.11. The minimum atomic E-state index is -0.268. The van der Waals surface area contributed by atoms with E-state index in [1.165, 1.54) is 0 Å². The summed E-state index contributed by atoms with van der Waals surface area (Å²) < 4.78 is 5.20. The first-order valence-corrected chi connectivity index (χ1v) is 9.05. The van der Waals surface area contributed by atoms with Gasteiger partial charge in [0.05, 0.1) is 24.4 Å². The Morgan fingerprint density at radius 3 is 2.88 bits per heavy atom. The van der Waals surface area contributed by atoms with Gasteiger partial charge in [-0.2, -0.15) is 5.26 Å². The molecule has 0 radical (unpaired) electrons. The second-order valence-electron chi connectivity index (χ2n) is 5.46. The number of anilines is 1. The molecule has 6 heteroatoms. The van der Waals surface area contributed by atoms with Crippen LogP contribution in [0.2, 0.25) is 0 Å². The Kier molecular flexibility index (Phi) is 5.72. The summed E-state index contributed by atoms with van der Waals surface area (Å²) in [7, 11) is 1.61. The molecule has 0 atom stereocenters. The van der Waals surface area contributed by atoms with Crippen LogP contribution in [0.15, 0.2) is 59.5 Å². The van der Waals surface area contributed by atoms with E-state index in [9.17, 15) is 4.79 Å². The largest absolute Gasteiger partial charge is 0.497 e. The predicted molar refractivity (Wildman–Crippen MR) is 104 cm³/mol. The zero-order chi connectivity index (χ0) is 18.4. The first-order valence-electron chi connectivity index (χ1n) is 8.06. The predicted octanol–water partition coefficient (Wildman–Crippen LogP) is 4.50. The molecule has 0 spiro atoms. The summed E-state index contributed by atoms with van der Waals surface area (Å²) in [5.74, 6) is 1.16. The number of hydrogen-bond donors (Lipinski definition) is 1. The molecule has 1 amide bonds. The number of amides is 1. The van der Waals surface area contributed by atoms with E-state index in [4.69, 9.17) is 10.00 Å². The third-order valence-corrected chi connectivity index (χ3v) is 4.81. The van der Waals surface area contributed by atoms with Crippen LogP contribution in [-0.2, 0) is 0 Å². The van der Waals surface area contributed by atoms with Crippen LogP contribution in [0.25, 0.3) is 10.9 Å². The molecule has 1 aromatic heterocycles. The van der Waals surface area contributed by atoms with Crippen LogP contribution >= 0.6 is 11.8 Å². The van der Waals surface area contributed by atoms with Gasteiger partial charge in [-0.25, -0.2) is 4.98 Å². The molecular formula is C20H17N3O2S. The molecule has 0 aliphatic carbocycles.